The lowest BCUT2D eigenvalue weighted by molar-refractivity contribution is -0.136. The summed E-state index contributed by atoms with van der Waals surface area (Å²) in [6.07, 6.45) is -0.0452. The van der Waals surface area contributed by atoms with Crippen LogP contribution in [-0.4, -0.2) is 28.5 Å². The third-order valence-electron chi connectivity index (χ3n) is 3.70. The molecule has 1 aromatic carbocycles. The van der Waals surface area contributed by atoms with Gasteiger partial charge >= 0.3 is 5.97 Å². The highest BCUT2D eigenvalue weighted by Crippen LogP contribution is 2.26. The maximum Gasteiger partial charge on any atom is 0.303 e. The summed E-state index contributed by atoms with van der Waals surface area (Å²) in [7, 11) is -3.83. The maximum atomic E-state index is 13.0. The molecule has 2 aromatic heterocycles. The highest BCUT2D eigenvalue weighted by molar-refractivity contribution is 7.90. The summed E-state index contributed by atoms with van der Waals surface area (Å²) >= 11 is 0. The van der Waals surface area contributed by atoms with Crippen molar-refractivity contribution < 1.29 is 18.3 Å². The Kier molecular flexibility index (Phi) is 4.11. The lowest BCUT2D eigenvalue weighted by Gasteiger charge is -2.11. The molecule has 0 amide bonds. The fourth-order valence-corrected chi connectivity index (χ4v) is 4.19. The van der Waals surface area contributed by atoms with Gasteiger partial charge in [-0.15, -0.1) is 0 Å². The number of benzene rings is 1. The van der Waals surface area contributed by atoms with Gasteiger partial charge in [0, 0.05) is 11.4 Å². The van der Waals surface area contributed by atoms with Crippen LogP contribution in [0.2, 0.25) is 0 Å². The molecular formula is C17H16N2O4S. The summed E-state index contributed by atoms with van der Waals surface area (Å²) in [4.78, 5) is 15.4. The molecule has 0 fully saturated rings. The number of carboxylic acid groups (broad SMARTS) is 1. The number of pyridine rings is 1. The van der Waals surface area contributed by atoms with Gasteiger partial charge in [-0.1, -0.05) is 18.2 Å². The Bertz CT molecular complexity index is 1010. The molecule has 0 atom stereocenters. The van der Waals surface area contributed by atoms with E-state index in [1.165, 1.54) is 16.1 Å². The van der Waals surface area contributed by atoms with E-state index in [0.717, 1.165) is 5.69 Å². The van der Waals surface area contributed by atoms with Crippen molar-refractivity contribution in [3.63, 3.8) is 0 Å². The average molecular weight is 344 g/mol. The van der Waals surface area contributed by atoms with Crippen LogP contribution >= 0.6 is 0 Å². The second kappa shape index (κ2) is 6.09. The zero-order chi connectivity index (χ0) is 17.3. The molecule has 124 valence electrons. The van der Waals surface area contributed by atoms with Crippen LogP contribution in [0.25, 0.3) is 11.0 Å². The molecule has 0 unspecified atom stereocenters. The van der Waals surface area contributed by atoms with Crippen LogP contribution in [-0.2, 0) is 21.2 Å². The summed E-state index contributed by atoms with van der Waals surface area (Å²) in [5.74, 6) is -0.979. The van der Waals surface area contributed by atoms with Crippen LogP contribution < -0.4 is 0 Å². The van der Waals surface area contributed by atoms with Crippen molar-refractivity contribution in [1.82, 2.24) is 8.96 Å². The van der Waals surface area contributed by atoms with Crippen LogP contribution in [0, 0.1) is 6.92 Å². The van der Waals surface area contributed by atoms with Gasteiger partial charge in [0.25, 0.3) is 10.0 Å². The van der Waals surface area contributed by atoms with Crippen molar-refractivity contribution in [2.24, 2.45) is 0 Å². The minimum Gasteiger partial charge on any atom is -0.481 e. The monoisotopic (exact) mass is 344 g/mol. The van der Waals surface area contributed by atoms with Crippen LogP contribution in [0.4, 0.5) is 0 Å². The number of fused-ring (bicyclic) bond motifs is 1. The number of rotatable bonds is 5. The number of aliphatic carboxylic acids is 1. The molecule has 0 aliphatic heterocycles. The number of aromatic nitrogens is 2. The Morgan fingerprint density at radius 2 is 1.88 bits per heavy atom. The lowest BCUT2D eigenvalue weighted by atomic mass is 10.2. The normalized spacial score (nSPS) is 11.7. The average Bonchev–Trinajstić information content (AvgIpc) is 2.91. The molecule has 24 heavy (non-hydrogen) atoms. The predicted octanol–water partition coefficient (Wildman–Crippen LogP) is 2.60. The Labute approximate surface area is 139 Å². The van der Waals surface area contributed by atoms with Gasteiger partial charge in [-0.3, -0.25) is 9.78 Å². The van der Waals surface area contributed by atoms with Crippen molar-refractivity contribution in [3.05, 3.63) is 59.9 Å². The van der Waals surface area contributed by atoms with E-state index in [4.69, 9.17) is 5.11 Å². The second-order valence-electron chi connectivity index (χ2n) is 5.47. The Morgan fingerprint density at radius 3 is 2.54 bits per heavy atom. The Balaban J connectivity index is 2.24. The molecule has 0 saturated carbocycles. The summed E-state index contributed by atoms with van der Waals surface area (Å²) in [6, 6.07) is 13.2. The zero-order valence-electron chi connectivity index (χ0n) is 13.0. The van der Waals surface area contributed by atoms with E-state index in [2.05, 4.69) is 4.98 Å². The van der Waals surface area contributed by atoms with Crippen molar-refractivity contribution in [1.29, 1.82) is 0 Å². The van der Waals surface area contributed by atoms with Gasteiger partial charge in [0.05, 0.1) is 22.3 Å². The molecule has 3 aromatic rings. The van der Waals surface area contributed by atoms with Crippen LogP contribution in [0.1, 0.15) is 17.8 Å². The predicted molar refractivity (Wildman–Crippen MR) is 89.5 cm³/mol. The molecule has 0 aliphatic rings. The Morgan fingerprint density at radius 1 is 1.17 bits per heavy atom. The number of aryl methyl sites for hydroxylation is 2. The van der Waals surface area contributed by atoms with E-state index >= 15 is 0 Å². The first-order valence-electron chi connectivity index (χ1n) is 7.40. The maximum absolute atomic E-state index is 13.0. The van der Waals surface area contributed by atoms with Crippen LogP contribution in [0.15, 0.2) is 53.4 Å². The molecule has 0 bridgehead atoms. The number of hydrogen-bond donors (Lipinski definition) is 1. The third-order valence-corrected chi connectivity index (χ3v) is 5.48. The molecular weight excluding hydrogens is 328 g/mol. The van der Waals surface area contributed by atoms with E-state index in [0.29, 0.717) is 16.7 Å². The van der Waals surface area contributed by atoms with E-state index in [1.807, 2.05) is 6.92 Å². The van der Waals surface area contributed by atoms with Gasteiger partial charge in [-0.2, -0.15) is 0 Å². The van der Waals surface area contributed by atoms with Crippen LogP contribution in [0.3, 0.4) is 0 Å². The topological polar surface area (TPSA) is 89.3 Å². The van der Waals surface area contributed by atoms with Gasteiger partial charge < -0.3 is 5.11 Å². The fraction of sp³-hybridized carbons (Fsp3) is 0.176. The van der Waals surface area contributed by atoms with E-state index < -0.39 is 16.0 Å². The summed E-state index contributed by atoms with van der Waals surface area (Å²) < 4.78 is 27.3. The SMILES string of the molecule is Cc1ccc2c(cc(CCC(=O)O)n2S(=O)(=O)c2ccccc2)n1. The molecule has 7 heteroatoms. The van der Waals surface area contributed by atoms with Gasteiger partial charge in [0.2, 0.25) is 0 Å². The van der Waals surface area contributed by atoms with Gasteiger partial charge in [-0.25, -0.2) is 12.4 Å². The molecule has 0 saturated heterocycles. The number of hydrogen-bond acceptors (Lipinski definition) is 4. The molecule has 1 N–H and O–H groups in total. The van der Waals surface area contributed by atoms with Crippen molar-refractivity contribution in [3.8, 4) is 0 Å². The second-order valence-corrected chi connectivity index (χ2v) is 7.26. The lowest BCUT2D eigenvalue weighted by Crippen LogP contribution is -2.16. The van der Waals surface area contributed by atoms with Gasteiger partial charge in [0.1, 0.15) is 0 Å². The molecule has 3 rings (SSSR count). The molecule has 0 spiro atoms. The smallest absolute Gasteiger partial charge is 0.303 e. The molecule has 6 nitrogen and oxygen atoms in total. The highest BCUT2D eigenvalue weighted by atomic mass is 32.2. The Hall–Kier alpha value is -2.67. The van der Waals surface area contributed by atoms with E-state index in [1.54, 1.807) is 36.4 Å². The third kappa shape index (κ3) is 2.90. The first-order valence-corrected chi connectivity index (χ1v) is 8.84. The van der Waals surface area contributed by atoms with E-state index in [-0.39, 0.29) is 17.7 Å². The summed E-state index contributed by atoms with van der Waals surface area (Å²) in [5, 5.41) is 8.93. The van der Waals surface area contributed by atoms with Crippen molar-refractivity contribution in [2.75, 3.05) is 0 Å². The fourth-order valence-electron chi connectivity index (χ4n) is 2.61. The first kappa shape index (κ1) is 16.2. The molecule has 0 aliphatic carbocycles. The quantitative estimate of drug-likeness (QED) is 0.768. The summed E-state index contributed by atoms with van der Waals surface area (Å²) in [6.45, 7) is 1.82. The van der Waals surface area contributed by atoms with Crippen molar-refractivity contribution in [2.45, 2.75) is 24.7 Å². The largest absolute Gasteiger partial charge is 0.481 e. The number of carboxylic acids is 1. The van der Waals surface area contributed by atoms with Gasteiger partial charge in [-0.05, 0) is 43.7 Å². The van der Waals surface area contributed by atoms with Gasteiger partial charge in [0.15, 0.2) is 0 Å². The standard InChI is InChI=1S/C17H16N2O4S/c1-12-7-9-16-15(18-12)11-13(8-10-17(20)21)19(16)24(22,23)14-5-3-2-4-6-14/h2-7,9,11H,8,10H2,1H3,(H,20,21). The zero-order valence-corrected chi connectivity index (χ0v) is 13.8. The van der Waals surface area contributed by atoms with Crippen molar-refractivity contribution >= 4 is 27.0 Å². The molecule has 2 heterocycles. The van der Waals surface area contributed by atoms with E-state index in [9.17, 15) is 13.2 Å². The van der Waals surface area contributed by atoms with Crippen LogP contribution in [0.5, 0.6) is 0 Å². The molecule has 0 radical (unpaired) electrons. The highest BCUT2D eigenvalue weighted by Gasteiger charge is 2.23. The number of nitrogens with zero attached hydrogens (tertiary/aromatic N) is 2. The first-order chi connectivity index (χ1) is 11.4. The minimum atomic E-state index is -3.83. The summed E-state index contributed by atoms with van der Waals surface area (Å²) in [5.41, 5.74) is 2.16. The minimum absolute atomic E-state index is 0.108. The number of carbonyl (C=O) groups is 1.